The Morgan fingerprint density at radius 1 is 0.875 bits per heavy atom. The van der Waals surface area contributed by atoms with Crippen molar-refractivity contribution in [2.45, 2.75) is 37.6 Å². The van der Waals surface area contributed by atoms with Gasteiger partial charge in [0.25, 0.3) is 0 Å². The highest BCUT2D eigenvalue weighted by molar-refractivity contribution is 5.81. The Morgan fingerprint density at radius 3 is 2.03 bits per heavy atom. The van der Waals surface area contributed by atoms with Crippen molar-refractivity contribution in [2.75, 3.05) is 6.61 Å². The fourth-order valence-electron chi connectivity index (χ4n) is 4.40. The number of nitrogens with one attached hydrogen (secondary N) is 1. The van der Waals surface area contributed by atoms with E-state index in [1.54, 1.807) is 0 Å². The van der Waals surface area contributed by atoms with Crippen molar-refractivity contribution in [3.63, 3.8) is 0 Å². The number of carbonyl (C=O) groups is 2. The van der Waals surface area contributed by atoms with Crippen LogP contribution in [0.1, 0.15) is 48.3 Å². The largest absolute Gasteiger partial charge is 0.480 e. The molecule has 4 rings (SSSR count). The molecule has 0 saturated carbocycles. The molecular weight excluding hydrogens is 402 g/mol. The molecule has 2 atom stereocenters. The molecule has 32 heavy (non-hydrogen) atoms. The lowest BCUT2D eigenvalue weighted by atomic mass is 9.94. The van der Waals surface area contributed by atoms with Gasteiger partial charge in [-0.2, -0.15) is 0 Å². The van der Waals surface area contributed by atoms with E-state index in [0.717, 1.165) is 27.8 Å². The number of ether oxygens (including phenoxy) is 1. The first kappa shape index (κ1) is 21.6. The van der Waals surface area contributed by atoms with E-state index in [1.807, 2.05) is 66.7 Å². The van der Waals surface area contributed by atoms with Crippen LogP contribution < -0.4 is 5.32 Å². The molecule has 0 fully saturated rings. The summed E-state index contributed by atoms with van der Waals surface area (Å²) < 4.78 is 5.50. The van der Waals surface area contributed by atoms with Crippen LogP contribution in [0.2, 0.25) is 0 Å². The molecule has 1 amide bonds. The SMILES string of the molecule is CC(CCC(NC(=O)OCC1c2ccccc2-c2ccccc21)C(=O)O)c1ccccc1. The third kappa shape index (κ3) is 4.67. The number of aliphatic carboxylic acids is 1. The van der Waals surface area contributed by atoms with Crippen molar-refractivity contribution in [1.29, 1.82) is 0 Å². The maximum atomic E-state index is 12.5. The van der Waals surface area contributed by atoms with Crippen LogP contribution in [0.3, 0.4) is 0 Å². The van der Waals surface area contributed by atoms with Gasteiger partial charge in [-0.1, -0.05) is 85.8 Å². The molecular formula is C27H27NO4. The van der Waals surface area contributed by atoms with E-state index in [0.29, 0.717) is 12.8 Å². The van der Waals surface area contributed by atoms with Gasteiger partial charge < -0.3 is 15.2 Å². The number of carboxylic acid groups (broad SMARTS) is 1. The van der Waals surface area contributed by atoms with Crippen molar-refractivity contribution < 1.29 is 19.4 Å². The van der Waals surface area contributed by atoms with Crippen LogP contribution in [0.5, 0.6) is 0 Å². The minimum Gasteiger partial charge on any atom is -0.480 e. The van der Waals surface area contributed by atoms with Crippen LogP contribution in [0.4, 0.5) is 4.79 Å². The molecule has 0 aromatic heterocycles. The monoisotopic (exact) mass is 429 g/mol. The predicted octanol–water partition coefficient (Wildman–Crippen LogP) is 5.56. The zero-order valence-electron chi connectivity index (χ0n) is 18.0. The molecule has 0 aliphatic heterocycles. The van der Waals surface area contributed by atoms with Gasteiger partial charge in [0.2, 0.25) is 0 Å². The van der Waals surface area contributed by atoms with Gasteiger partial charge in [0, 0.05) is 5.92 Å². The predicted molar refractivity (Wildman–Crippen MR) is 124 cm³/mol. The molecule has 0 bridgehead atoms. The summed E-state index contributed by atoms with van der Waals surface area (Å²) in [7, 11) is 0. The van der Waals surface area contributed by atoms with Gasteiger partial charge in [-0.15, -0.1) is 0 Å². The van der Waals surface area contributed by atoms with E-state index in [-0.39, 0.29) is 18.4 Å². The van der Waals surface area contributed by atoms with Gasteiger partial charge in [0.1, 0.15) is 12.6 Å². The fourth-order valence-corrected chi connectivity index (χ4v) is 4.40. The maximum Gasteiger partial charge on any atom is 0.407 e. The van der Waals surface area contributed by atoms with Gasteiger partial charge in [-0.3, -0.25) is 0 Å². The average molecular weight is 430 g/mol. The standard InChI is InChI=1S/C27H27NO4/c1-18(19-9-3-2-4-10-19)15-16-25(26(29)30)28-27(31)32-17-24-22-13-7-5-11-20(22)21-12-6-8-14-23(21)24/h2-14,18,24-25H,15-17H2,1H3,(H,28,31)(H,29,30). The second-order valence-electron chi connectivity index (χ2n) is 8.25. The molecule has 1 aliphatic carbocycles. The number of benzene rings is 3. The Morgan fingerprint density at radius 2 is 1.44 bits per heavy atom. The lowest BCUT2D eigenvalue weighted by Gasteiger charge is -2.19. The van der Waals surface area contributed by atoms with Gasteiger partial charge >= 0.3 is 12.1 Å². The molecule has 5 heteroatoms. The van der Waals surface area contributed by atoms with Gasteiger partial charge in [-0.05, 0) is 46.6 Å². The average Bonchev–Trinajstić information content (AvgIpc) is 3.14. The second-order valence-corrected chi connectivity index (χ2v) is 8.25. The molecule has 3 aromatic carbocycles. The first-order valence-corrected chi connectivity index (χ1v) is 10.9. The molecule has 3 aromatic rings. The number of carboxylic acids is 1. The summed E-state index contributed by atoms with van der Waals surface area (Å²) in [6.45, 7) is 2.22. The zero-order valence-corrected chi connectivity index (χ0v) is 18.0. The number of hydrogen-bond donors (Lipinski definition) is 2. The van der Waals surface area contributed by atoms with Crippen molar-refractivity contribution in [3.05, 3.63) is 95.6 Å². The molecule has 0 heterocycles. The van der Waals surface area contributed by atoms with E-state index in [9.17, 15) is 14.7 Å². The van der Waals surface area contributed by atoms with Crippen LogP contribution in [0.25, 0.3) is 11.1 Å². The number of rotatable bonds is 8. The number of alkyl carbamates (subject to hydrolysis) is 1. The minimum atomic E-state index is -1.06. The molecule has 5 nitrogen and oxygen atoms in total. The summed E-state index contributed by atoms with van der Waals surface area (Å²) >= 11 is 0. The van der Waals surface area contributed by atoms with E-state index in [4.69, 9.17) is 4.74 Å². The van der Waals surface area contributed by atoms with Crippen LogP contribution in [-0.2, 0) is 9.53 Å². The van der Waals surface area contributed by atoms with Crippen LogP contribution in [-0.4, -0.2) is 29.8 Å². The normalized spacial score (nSPS) is 14.2. The Balaban J connectivity index is 1.36. The van der Waals surface area contributed by atoms with Crippen LogP contribution in [0, 0.1) is 0 Å². The Kier molecular flexibility index (Phi) is 6.55. The maximum absolute atomic E-state index is 12.5. The zero-order chi connectivity index (χ0) is 22.5. The Labute approximate surface area is 188 Å². The van der Waals surface area contributed by atoms with Crippen molar-refractivity contribution in [3.8, 4) is 11.1 Å². The molecule has 164 valence electrons. The van der Waals surface area contributed by atoms with Crippen molar-refractivity contribution >= 4 is 12.1 Å². The number of hydrogen-bond acceptors (Lipinski definition) is 3. The Hall–Kier alpha value is -3.60. The number of carbonyl (C=O) groups excluding carboxylic acids is 1. The molecule has 2 N–H and O–H groups in total. The second kappa shape index (κ2) is 9.69. The number of fused-ring (bicyclic) bond motifs is 3. The smallest absolute Gasteiger partial charge is 0.407 e. The highest BCUT2D eigenvalue weighted by Crippen LogP contribution is 2.44. The number of amides is 1. The first-order valence-electron chi connectivity index (χ1n) is 10.9. The van der Waals surface area contributed by atoms with Gasteiger partial charge in [0.15, 0.2) is 0 Å². The quantitative estimate of drug-likeness (QED) is 0.491. The minimum absolute atomic E-state index is 0.0606. The third-order valence-corrected chi connectivity index (χ3v) is 6.19. The molecule has 1 aliphatic rings. The lowest BCUT2D eigenvalue weighted by molar-refractivity contribution is -0.139. The van der Waals surface area contributed by atoms with E-state index in [2.05, 4.69) is 24.4 Å². The summed E-state index contributed by atoms with van der Waals surface area (Å²) in [5, 5.41) is 12.1. The van der Waals surface area contributed by atoms with Crippen molar-refractivity contribution in [1.82, 2.24) is 5.32 Å². The van der Waals surface area contributed by atoms with Gasteiger partial charge in [0.05, 0.1) is 0 Å². The summed E-state index contributed by atoms with van der Waals surface area (Å²) in [6, 6.07) is 25.1. The lowest BCUT2D eigenvalue weighted by Crippen LogP contribution is -2.41. The Bertz CT molecular complexity index is 1050. The van der Waals surface area contributed by atoms with Gasteiger partial charge in [-0.25, -0.2) is 9.59 Å². The molecule has 2 unspecified atom stereocenters. The van der Waals surface area contributed by atoms with Crippen LogP contribution >= 0.6 is 0 Å². The van der Waals surface area contributed by atoms with E-state index < -0.39 is 18.1 Å². The topological polar surface area (TPSA) is 75.6 Å². The first-order chi connectivity index (χ1) is 15.5. The summed E-state index contributed by atoms with van der Waals surface area (Å²) in [4.78, 5) is 24.2. The summed E-state index contributed by atoms with van der Waals surface area (Å²) in [6.07, 6.45) is 0.270. The highest BCUT2D eigenvalue weighted by atomic mass is 16.5. The third-order valence-electron chi connectivity index (χ3n) is 6.19. The van der Waals surface area contributed by atoms with E-state index >= 15 is 0 Å². The van der Waals surface area contributed by atoms with Crippen LogP contribution in [0.15, 0.2) is 78.9 Å². The molecule has 0 spiro atoms. The summed E-state index contributed by atoms with van der Waals surface area (Å²) in [5.74, 6) is -0.921. The molecule has 0 saturated heterocycles. The fraction of sp³-hybridized carbons (Fsp3) is 0.259. The summed E-state index contributed by atoms with van der Waals surface area (Å²) in [5.41, 5.74) is 5.68. The molecule has 0 radical (unpaired) electrons. The van der Waals surface area contributed by atoms with E-state index in [1.165, 1.54) is 0 Å². The highest BCUT2D eigenvalue weighted by Gasteiger charge is 2.29. The van der Waals surface area contributed by atoms with Crippen molar-refractivity contribution in [2.24, 2.45) is 0 Å².